The molecule has 146 valence electrons. The van der Waals surface area contributed by atoms with E-state index in [4.69, 9.17) is 9.84 Å². The molecule has 2 rings (SSSR count). The van der Waals surface area contributed by atoms with Crippen molar-refractivity contribution >= 4 is 23.5 Å². The van der Waals surface area contributed by atoms with Crippen LogP contribution in [0.4, 0.5) is 0 Å². The second-order valence-corrected chi connectivity index (χ2v) is 5.74. The summed E-state index contributed by atoms with van der Waals surface area (Å²) >= 11 is 0. The van der Waals surface area contributed by atoms with Gasteiger partial charge in [0.2, 0.25) is 0 Å². The van der Waals surface area contributed by atoms with Gasteiger partial charge in [-0.15, -0.1) is 0 Å². The maximum atomic E-state index is 12.2. The standard InChI is InChI=1S/C20H21N3O5/c1-28-17-10-6-5-9-15(17)20(27)21-13-18(24)23-22-16(11-12-19(25)26)14-7-3-2-4-8-14/h2-10H,11-13H2,1H3,(H,21,27)(H,23,24)(H,25,26)/b22-16-. The zero-order chi connectivity index (χ0) is 20.4. The fourth-order valence-electron chi connectivity index (χ4n) is 2.38. The van der Waals surface area contributed by atoms with Gasteiger partial charge < -0.3 is 15.2 Å². The van der Waals surface area contributed by atoms with E-state index in [9.17, 15) is 14.4 Å². The molecule has 0 aliphatic rings. The summed E-state index contributed by atoms with van der Waals surface area (Å²) in [5.74, 6) is -1.55. The maximum absolute atomic E-state index is 12.2. The molecule has 3 N–H and O–H groups in total. The maximum Gasteiger partial charge on any atom is 0.303 e. The van der Waals surface area contributed by atoms with Crippen LogP contribution in [0.2, 0.25) is 0 Å². The summed E-state index contributed by atoms with van der Waals surface area (Å²) in [6.45, 7) is -0.290. The number of methoxy groups -OCH3 is 1. The minimum atomic E-state index is -0.959. The molecule has 8 nitrogen and oxygen atoms in total. The number of carboxylic acid groups (broad SMARTS) is 1. The molecule has 0 unspecified atom stereocenters. The van der Waals surface area contributed by atoms with Crippen LogP contribution in [-0.4, -0.2) is 42.3 Å². The van der Waals surface area contributed by atoms with Crippen LogP contribution in [0.5, 0.6) is 5.75 Å². The normalized spacial score (nSPS) is 10.8. The van der Waals surface area contributed by atoms with Crippen LogP contribution in [0, 0.1) is 0 Å². The lowest BCUT2D eigenvalue weighted by Gasteiger charge is -2.09. The Bertz CT molecular complexity index is 865. The van der Waals surface area contributed by atoms with Crippen molar-refractivity contribution in [1.82, 2.24) is 10.7 Å². The van der Waals surface area contributed by atoms with E-state index >= 15 is 0 Å². The molecule has 0 aromatic heterocycles. The van der Waals surface area contributed by atoms with Gasteiger partial charge in [-0.1, -0.05) is 42.5 Å². The molecule has 0 heterocycles. The Morgan fingerprint density at radius 1 is 1.00 bits per heavy atom. The highest BCUT2D eigenvalue weighted by Gasteiger charge is 2.13. The number of benzene rings is 2. The highest BCUT2D eigenvalue weighted by Crippen LogP contribution is 2.16. The first kappa shape index (κ1) is 20.6. The summed E-state index contributed by atoms with van der Waals surface area (Å²) in [5, 5.41) is 15.4. The predicted octanol–water partition coefficient (Wildman–Crippen LogP) is 1.81. The number of carbonyl (C=O) groups is 3. The summed E-state index contributed by atoms with van der Waals surface area (Å²) in [5.41, 5.74) is 3.81. The molecule has 0 aliphatic heterocycles. The fourth-order valence-corrected chi connectivity index (χ4v) is 2.38. The highest BCUT2D eigenvalue weighted by atomic mass is 16.5. The lowest BCUT2D eigenvalue weighted by Crippen LogP contribution is -2.35. The zero-order valence-corrected chi connectivity index (χ0v) is 15.3. The number of amides is 2. The highest BCUT2D eigenvalue weighted by molar-refractivity contribution is 6.02. The van der Waals surface area contributed by atoms with Crippen molar-refractivity contribution in [1.29, 1.82) is 0 Å². The zero-order valence-electron chi connectivity index (χ0n) is 15.3. The van der Waals surface area contributed by atoms with Gasteiger partial charge in [0, 0.05) is 6.42 Å². The van der Waals surface area contributed by atoms with Crippen LogP contribution in [-0.2, 0) is 9.59 Å². The number of nitrogens with zero attached hydrogens (tertiary/aromatic N) is 1. The van der Waals surface area contributed by atoms with Crippen molar-refractivity contribution in [2.45, 2.75) is 12.8 Å². The average Bonchev–Trinajstić information content (AvgIpc) is 2.72. The topological polar surface area (TPSA) is 117 Å². The monoisotopic (exact) mass is 383 g/mol. The van der Waals surface area contributed by atoms with Crippen molar-refractivity contribution in [3.63, 3.8) is 0 Å². The third-order valence-electron chi connectivity index (χ3n) is 3.76. The minimum absolute atomic E-state index is 0.117. The molecule has 8 heteroatoms. The van der Waals surface area contributed by atoms with Gasteiger partial charge in [0.1, 0.15) is 5.75 Å². The van der Waals surface area contributed by atoms with Gasteiger partial charge in [-0.2, -0.15) is 5.10 Å². The first-order chi connectivity index (χ1) is 13.5. The Balaban J connectivity index is 1.97. The van der Waals surface area contributed by atoms with E-state index in [2.05, 4.69) is 15.8 Å². The van der Waals surface area contributed by atoms with Gasteiger partial charge in [-0.3, -0.25) is 14.4 Å². The van der Waals surface area contributed by atoms with Crippen molar-refractivity contribution < 1.29 is 24.2 Å². The van der Waals surface area contributed by atoms with Gasteiger partial charge >= 0.3 is 5.97 Å². The van der Waals surface area contributed by atoms with E-state index in [1.807, 2.05) is 6.07 Å². The smallest absolute Gasteiger partial charge is 0.303 e. The summed E-state index contributed by atoms with van der Waals surface area (Å²) in [7, 11) is 1.45. The SMILES string of the molecule is COc1ccccc1C(=O)NCC(=O)N/N=C(/CCC(=O)O)c1ccccc1. The molecule has 0 spiro atoms. The number of hydrazone groups is 1. The summed E-state index contributed by atoms with van der Waals surface area (Å²) in [6.07, 6.45) is 0.0430. The summed E-state index contributed by atoms with van der Waals surface area (Å²) < 4.78 is 5.12. The van der Waals surface area contributed by atoms with Crippen molar-refractivity contribution in [3.8, 4) is 5.75 Å². The van der Waals surface area contributed by atoms with Crippen molar-refractivity contribution in [2.24, 2.45) is 5.10 Å². The molecule has 2 amide bonds. The number of carboxylic acids is 1. The fraction of sp³-hybridized carbons (Fsp3) is 0.200. The van der Waals surface area contributed by atoms with Gasteiger partial charge in [-0.05, 0) is 17.7 Å². The molecule has 2 aromatic carbocycles. The summed E-state index contributed by atoms with van der Waals surface area (Å²) in [4.78, 5) is 35.1. The molecule has 0 radical (unpaired) electrons. The van der Waals surface area contributed by atoms with Crippen LogP contribution in [0.1, 0.15) is 28.8 Å². The molecular formula is C20H21N3O5. The van der Waals surface area contributed by atoms with Crippen LogP contribution in [0.25, 0.3) is 0 Å². The Kier molecular flexibility index (Phi) is 7.71. The second kappa shape index (κ2) is 10.5. The molecule has 0 atom stereocenters. The Morgan fingerprint density at radius 2 is 1.68 bits per heavy atom. The third-order valence-corrected chi connectivity index (χ3v) is 3.76. The minimum Gasteiger partial charge on any atom is -0.496 e. The van der Waals surface area contributed by atoms with Gasteiger partial charge in [0.25, 0.3) is 11.8 Å². The Morgan fingerprint density at radius 3 is 2.36 bits per heavy atom. The quantitative estimate of drug-likeness (QED) is 0.451. The largest absolute Gasteiger partial charge is 0.496 e. The van der Waals surface area contributed by atoms with Crippen LogP contribution >= 0.6 is 0 Å². The Labute approximate surface area is 162 Å². The van der Waals surface area contributed by atoms with Gasteiger partial charge in [-0.25, -0.2) is 5.43 Å². The summed E-state index contributed by atoms with van der Waals surface area (Å²) in [6, 6.07) is 15.6. The van der Waals surface area contributed by atoms with Crippen LogP contribution in [0.3, 0.4) is 0 Å². The van der Waals surface area contributed by atoms with E-state index in [1.54, 1.807) is 48.5 Å². The Hall–Kier alpha value is -3.68. The van der Waals surface area contributed by atoms with E-state index in [0.717, 1.165) is 0 Å². The lowest BCUT2D eigenvalue weighted by molar-refractivity contribution is -0.136. The number of para-hydroxylation sites is 1. The first-order valence-electron chi connectivity index (χ1n) is 8.55. The molecule has 0 fully saturated rings. The molecule has 0 saturated heterocycles. The van der Waals surface area contributed by atoms with Crippen LogP contribution in [0.15, 0.2) is 59.7 Å². The number of hydrogen-bond acceptors (Lipinski definition) is 5. The average molecular weight is 383 g/mol. The number of ether oxygens (including phenoxy) is 1. The first-order valence-corrected chi connectivity index (χ1v) is 8.55. The van der Waals surface area contributed by atoms with E-state index < -0.39 is 17.8 Å². The van der Waals surface area contributed by atoms with Crippen LogP contribution < -0.4 is 15.5 Å². The number of carbonyl (C=O) groups excluding carboxylic acids is 2. The van der Waals surface area contributed by atoms with Crippen molar-refractivity contribution in [2.75, 3.05) is 13.7 Å². The predicted molar refractivity (Wildman–Crippen MR) is 103 cm³/mol. The second-order valence-electron chi connectivity index (χ2n) is 5.74. The number of aliphatic carboxylic acids is 1. The van der Waals surface area contributed by atoms with E-state index in [0.29, 0.717) is 22.6 Å². The van der Waals surface area contributed by atoms with E-state index in [1.165, 1.54) is 7.11 Å². The molecule has 2 aromatic rings. The molecule has 28 heavy (non-hydrogen) atoms. The van der Waals surface area contributed by atoms with Gasteiger partial charge in [0.15, 0.2) is 0 Å². The molecule has 0 saturated carbocycles. The molecule has 0 bridgehead atoms. The number of hydrogen-bond donors (Lipinski definition) is 3. The van der Waals surface area contributed by atoms with Gasteiger partial charge in [0.05, 0.1) is 31.4 Å². The lowest BCUT2D eigenvalue weighted by atomic mass is 10.1. The number of rotatable bonds is 9. The number of nitrogens with one attached hydrogen (secondary N) is 2. The third kappa shape index (κ3) is 6.24. The van der Waals surface area contributed by atoms with Crippen molar-refractivity contribution in [3.05, 3.63) is 65.7 Å². The molecule has 0 aliphatic carbocycles. The van der Waals surface area contributed by atoms with E-state index in [-0.39, 0.29) is 19.4 Å². The molecular weight excluding hydrogens is 362 g/mol.